The van der Waals surface area contributed by atoms with Crippen molar-refractivity contribution < 1.29 is 17.9 Å². The van der Waals surface area contributed by atoms with Gasteiger partial charge in [-0.2, -0.15) is 0 Å². The third kappa shape index (κ3) is 3.07. The van der Waals surface area contributed by atoms with E-state index in [4.69, 9.17) is 4.74 Å². The van der Waals surface area contributed by atoms with E-state index in [1.54, 1.807) is 31.2 Å². The first kappa shape index (κ1) is 16.7. The second-order valence-corrected chi connectivity index (χ2v) is 7.58. The second kappa shape index (κ2) is 6.37. The number of carbonyl (C=O) groups excluding carboxylic acids is 1. The molecule has 126 valence electrons. The van der Waals surface area contributed by atoms with Gasteiger partial charge in [0.15, 0.2) is 6.23 Å². The topological polar surface area (TPSA) is 63.5 Å². The lowest BCUT2D eigenvalue weighted by molar-refractivity contribution is -0.145. The molecule has 3 rings (SSSR count). The number of hydrogen-bond donors (Lipinski definition) is 0. The first-order chi connectivity index (χ1) is 11.4. The van der Waals surface area contributed by atoms with Crippen LogP contribution in [-0.2, 0) is 19.6 Å². The molecular weight excluding hydrogens is 326 g/mol. The Hall–Kier alpha value is -2.18. The lowest BCUT2D eigenvalue weighted by Crippen LogP contribution is -2.18. The summed E-state index contributed by atoms with van der Waals surface area (Å²) < 4.78 is 32.4. The lowest BCUT2D eigenvalue weighted by Gasteiger charge is -2.07. The Balaban J connectivity index is 1.94. The van der Waals surface area contributed by atoms with Gasteiger partial charge in [0.05, 0.1) is 4.90 Å². The normalized spacial score (nSPS) is 22.8. The Morgan fingerprint density at radius 3 is 2.29 bits per heavy atom. The predicted molar refractivity (Wildman–Crippen MR) is 89.6 cm³/mol. The van der Waals surface area contributed by atoms with Gasteiger partial charge in [-0.1, -0.05) is 55.0 Å². The van der Waals surface area contributed by atoms with Gasteiger partial charge in [0, 0.05) is 6.42 Å². The molecule has 0 spiro atoms. The van der Waals surface area contributed by atoms with E-state index in [1.165, 1.54) is 4.31 Å². The molecule has 1 heterocycles. The summed E-state index contributed by atoms with van der Waals surface area (Å²) in [6.45, 7) is 3.58. The molecule has 2 aromatic rings. The largest absolute Gasteiger partial charge is 0.443 e. The Kier molecular flexibility index (Phi) is 4.43. The number of ether oxygens (including phenoxy) is 1. The quantitative estimate of drug-likeness (QED) is 0.617. The fourth-order valence-corrected chi connectivity index (χ4v) is 4.23. The summed E-state index contributed by atoms with van der Waals surface area (Å²) >= 11 is 0. The van der Waals surface area contributed by atoms with Crippen molar-refractivity contribution in [2.75, 3.05) is 0 Å². The van der Waals surface area contributed by atoms with Crippen LogP contribution in [0.3, 0.4) is 0 Å². The highest BCUT2D eigenvalue weighted by Crippen LogP contribution is 2.48. The predicted octanol–water partition coefficient (Wildman–Crippen LogP) is 3.02. The lowest BCUT2D eigenvalue weighted by atomic mass is 10.1. The van der Waals surface area contributed by atoms with Crippen LogP contribution >= 0.6 is 0 Å². The number of sulfonamides is 1. The molecule has 0 amide bonds. The molecule has 0 aromatic heterocycles. The molecule has 1 saturated heterocycles. The zero-order chi connectivity index (χ0) is 17.3. The first-order valence-electron chi connectivity index (χ1n) is 7.80. The SMILES string of the molecule is CCC(=O)O[C@@H]1[C@H](c2ccccc2)N1S(=O)(=O)c1ccc(C)cc1. The third-order valence-electron chi connectivity index (χ3n) is 3.98. The average molecular weight is 345 g/mol. The minimum absolute atomic E-state index is 0.198. The van der Waals surface area contributed by atoms with Crippen molar-refractivity contribution in [3.8, 4) is 0 Å². The van der Waals surface area contributed by atoms with Crippen molar-refractivity contribution in [1.82, 2.24) is 4.31 Å². The minimum atomic E-state index is -3.73. The van der Waals surface area contributed by atoms with Gasteiger partial charge in [-0.3, -0.25) is 4.79 Å². The first-order valence-corrected chi connectivity index (χ1v) is 9.24. The molecule has 1 unspecified atom stereocenters. The van der Waals surface area contributed by atoms with E-state index in [0.717, 1.165) is 11.1 Å². The molecule has 3 atom stereocenters. The molecule has 0 saturated carbocycles. The molecule has 1 fully saturated rings. The summed E-state index contributed by atoms with van der Waals surface area (Å²) in [5.41, 5.74) is 1.79. The second-order valence-electron chi connectivity index (χ2n) is 5.74. The van der Waals surface area contributed by atoms with Crippen molar-refractivity contribution in [3.63, 3.8) is 0 Å². The molecule has 0 radical (unpaired) electrons. The van der Waals surface area contributed by atoms with Crippen LogP contribution in [0.4, 0.5) is 0 Å². The van der Waals surface area contributed by atoms with Crippen molar-refractivity contribution >= 4 is 16.0 Å². The van der Waals surface area contributed by atoms with Crippen LogP contribution in [0.25, 0.3) is 0 Å². The molecule has 2 aromatic carbocycles. The number of nitrogens with zero attached hydrogens (tertiary/aromatic N) is 1. The van der Waals surface area contributed by atoms with E-state index in [-0.39, 0.29) is 11.3 Å². The zero-order valence-corrected chi connectivity index (χ0v) is 14.4. The summed E-state index contributed by atoms with van der Waals surface area (Å²) in [6.07, 6.45) is -0.581. The highest BCUT2D eigenvalue weighted by molar-refractivity contribution is 7.89. The highest BCUT2D eigenvalue weighted by atomic mass is 32.2. The molecule has 0 bridgehead atoms. The van der Waals surface area contributed by atoms with Crippen LogP contribution in [-0.4, -0.2) is 24.9 Å². The maximum absolute atomic E-state index is 12.9. The van der Waals surface area contributed by atoms with Crippen molar-refractivity contribution in [2.45, 2.75) is 37.4 Å². The van der Waals surface area contributed by atoms with Gasteiger partial charge in [-0.05, 0) is 24.6 Å². The Bertz CT molecular complexity index is 831. The molecule has 0 N–H and O–H groups in total. The van der Waals surface area contributed by atoms with E-state index >= 15 is 0 Å². The van der Waals surface area contributed by atoms with Gasteiger partial charge in [-0.15, -0.1) is 4.31 Å². The molecule has 5 nitrogen and oxygen atoms in total. The monoisotopic (exact) mass is 345 g/mol. The van der Waals surface area contributed by atoms with Crippen molar-refractivity contribution in [2.24, 2.45) is 0 Å². The highest BCUT2D eigenvalue weighted by Gasteiger charge is 2.59. The molecular formula is C18H19NO4S. The molecule has 6 heteroatoms. The molecule has 1 aliphatic rings. The van der Waals surface area contributed by atoms with Crippen LogP contribution < -0.4 is 0 Å². The third-order valence-corrected chi connectivity index (χ3v) is 5.84. The number of rotatable bonds is 5. The molecule has 24 heavy (non-hydrogen) atoms. The summed E-state index contributed by atoms with van der Waals surface area (Å²) in [4.78, 5) is 11.8. The van der Waals surface area contributed by atoms with Gasteiger partial charge in [-0.25, -0.2) is 8.42 Å². The van der Waals surface area contributed by atoms with E-state index in [2.05, 4.69) is 0 Å². The number of esters is 1. The van der Waals surface area contributed by atoms with Gasteiger partial charge in [0.1, 0.15) is 6.04 Å². The number of carbonyl (C=O) groups is 1. The number of hydrogen-bond acceptors (Lipinski definition) is 4. The average Bonchev–Trinajstić information content (AvgIpc) is 3.30. The Morgan fingerprint density at radius 1 is 1.08 bits per heavy atom. The van der Waals surface area contributed by atoms with Crippen LogP contribution in [0, 0.1) is 6.92 Å². The van der Waals surface area contributed by atoms with Crippen LogP contribution in [0.2, 0.25) is 0 Å². The van der Waals surface area contributed by atoms with E-state index < -0.39 is 28.3 Å². The van der Waals surface area contributed by atoms with E-state index in [9.17, 15) is 13.2 Å². The van der Waals surface area contributed by atoms with Crippen LogP contribution in [0.1, 0.15) is 30.5 Å². The molecule has 0 aliphatic carbocycles. The van der Waals surface area contributed by atoms with E-state index in [1.807, 2.05) is 37.3 Å². The van der Waals surface area contributed by atoms with Crippen molar-refractivity contribution in [3.05, 3.63) is 65.7 Å². The summed E-state index contributed by atoms with van der Waals surface area (Å²) in [5, 5.41) is 0. The van der Waals surface area contributed by atoms with Gasteiger partial charge in [0.2, 0.25) is 10.0 Å². The fourth-order valence-electron chi connectivity index (χ4n) is 2.61. The van der Waals surface area contributed by atoms with E-state index in [0.29, 0.717) is 0 Å². The number of benzene rings is 2. The van der Waals surface area contributed by atoms with Gasteiger partial charge >= 0.3 is 5.97 Å². The molecule has 1 aliphatic heterocycles. The van der Waals surface area contributed by atoms with Gasteiger partial charge < -0.3 is 4.74 Å². The Labute approximate surface area is 141 Å². The van der Waals surface area contributed by atoms with Gasteiger partial charge in [0.25, 0.3) is 0 Å². The van der Waals surface area contributed by atoms with Crippen molar-refractivity contribution in [1.29, 1.82) is 0 Å². The minimum Gasteiger partial charge on any atom is -0.443 e. The van der Waals surface area contributed by atoms with Crippen LogP contribution in [0.15, 0.2) is 59.5 Å². The standard InChI is InChI=1S/C18H19NO4S/c1-3-16(20)23-18-17(14-7-5-4-6-8-14)19(18)24(21,22)15-11-9-13(2)10-12-15/h4-12,17-18H,3H2,1-2H3/t17-,18+,19?/m0/s1. The smallest absolute Gasteiger partial charge is 0.307 e. The maximum Gasteiger partial charge on any atom is 0.307 e. The maximum atomic E-state index is 12.9. The zero-order valence-electron chi connectivity index (χ0n) is 13.5. The summed E-state index contributed by atoms with van der Waals surface area (Å²) in [6, 6.07) is 15.4. The Morgan fingerprint density at radius 2 is 1.71 bits per heavy atom. The number of aryl methyl sites for hydroxylation is 1. The fraction of sp³-hybridized carbons (Fsp3) is 0.278. The van der Waals surface area contributed by atoms with Crippen LogP contribution in [0.5, 0.6) is 0 Å². The summed E-state index contributed by atoms with van der Waals surface area (Å²) in [7, 11) is -3.73. The summed E-state index contributed by atoms with van der Waals surface area (Å²) in [5.74, 6) is -0.414.